The van der Waals surface area contributed by atoms with Crippen molar-refractivity contribution in [3.63, 3.8) is 0 Å². The molecule has 0 aliphatic carbocycles. The summed E-state index contributed by atoms with van der Waals surface area (Å²) in [4.78, 5) is 54.1. The number of primary amides is 2. The van der Waals surface area contributed by atoms with Crippen LogP contribution in [0.1, 0.15) is 20.7 Å². The highest BCUT2D eigenvalue weighted by Gasteiger charge is 2.14. The highest BCUT2D eigenvalue weighted by atomic mass is 32.1. The molecule has 0 bridgehead atoms. The standard InChI is InChI=1S/C22H17N5O4S/c23-19(29)13-6-14(20(24)30)8-15(7-13)26-18(28)10-27-11-25-21-16(22(27)31)9-17(32-21)12-4-2-1-3-5-12/h1-9,11H,10H2,(H2,23,29)(H2,24,30)(H,26,28). The van der Waals surface area contributed by atoms with Crippen LogP contribution in [0.15, 0.2) is 65.7 Å². The summed E-state index contributed by atoms with van der Waals surface area (Å²) in [6.07, 6.45) is 1.31. The lowest BCUT2D eigenvalue weighted by molar-refractivity contribution is -0.116. The first-order chi connectivity index (χ1) is 15.3. The third-order valence-electron chi connectivity index (χ3n) is 4.68. The lowest BCUT2D eigenvalue weighted by Crippen LogP contribution is -2.27. The van der Waals surface area contributed by atoms with Gasteiger partial charge in [-0.1, -0.05) is 30.3 Å². The number of thiophene rings is 1. The van der Waals surface area contributed by atoms with Gasteiger partial charge in [-0.2, -0.15) is 0 Å². The lowest BCUT2D eigenvalue weighted by atomic mass is 10.1. The van der Waals surface area contributed by atoms with E-state index in [0.717, 1.165) is 10.4 Å². The van der Waals surface area contributed by atoms with Crippen LogP contribution in [0.5, 0.6) is 0 Å². The molecule has 4 rings (SSSR count). The molecule has 2 heterocycles. The summed E-state index contributed by atoms with van der Waals surface area (Å²) in [7, 11) is 0. The van der Waals surface area contributed by atoms with Gasteiger partial charge in [0.15, 0.2) is 0 Å². The van der Waals surface area contributed by atoms with Gasteiger partial charge in [0.05, 0.1) is 11.7 Å². The molecule has 0 fully saturated rings. The highest BCUT2D eigenvalue weighted by Crippen LogP contribution is 2.30. The number of amides is 3. The average Bonchev–Trinajstić information content (AvgIpc) is 3.21. The number of anilines is 1. The van der Waals surface area contributed by atoms with Crippen molar-refractivity contribution in [3.05, 3.63) is 82.4 Å². The maximum Gasteiger partial charge on any atom is 0.262 e. The van der Waals surface area contributed by atoms with Gasteiger partial charge in [0, 0.05) is 21.7 Å². The molecular formula is C22H17N5O4S. The van der Waals surface area contributed by atoms with Crippen LogP contribution in [0, 0.1) is 0 Å². The number of aromatic nitrogens is 2. The molecule has 4 aromatic rings. The Balaban J connectivity index is 1.59. The Hall–Kier alpha value is -4.31. The Labute approximate surface area is 185 Å². The predicted octanol–water partition coefficient (Wildman–Crippen LogP) is 1.96. The number of rotatable bonds is 6. The van der Waals surface area contributed by atoms with Crippen LogP contribution >= 0.6 is 11.3 Å². The molecule has 2 aromatic carbocycles. The Morgan fingerprint density at radius 3 is 2.25 bits per heavy atom. The second-order valence-electron chi connectivity index (χ2n) is 6.95. The van der Waals surface area contributed by atoms with Gasteiger partial charge in [0.2, 0.25) is 17.7 Å². The van der Waals surface area contributed by atoms with Crippen LogP contribution in [0.25, 0.3) is 20.7 Å². The summed E-state index contributed by atoms with van der Waals surface area (Å²) in [5.74, 6) is -2.11. The van der Waals surface area contributed by atoms with E-state index in [1.165, 1.54) is 40.4 Å². The Morgan fingerprint density at radius 1 is 0.969 bits per heavy atom. The molecule has 0 unspecified atom stereocenters. The first kappa shape index (κ1) is 20.9. The molecule has 0 radical (unpaired) electrons. The molecule has 9 nitrogen and oxygen atoms in total. The van der Waals surface area contributed by atoms with E-state index in [0.29, 0.717) is 10.2 Å². The number of nitrogens with one attached hydrogen (secondary N) is 1. The fraction of sp³-hybridized carbons (Fsp3) is 0.0455. The van der Waals surface area contributed by atoms with Gasteiger partial charge in [-0.15, -0.1) is 11.3 Å². The minimum Gasteiger partial charge on any atom is -0.366 e. The smallest absolute Gasteiger partial charge is 0.262 e. The first-order valence-corrected chi connectivity index (χ1v) is 10.2. The van der Waals surface area contributed by atoms with Gasteiger partial charge >= 0.3 is 0 Å². The summed E-state index contributed by atoms with van der Waals surface area (Å²) in [5, 5.41) is 2.96. The van der Waals surface area contributed by atoms with Crippen LogP contribution in [0.4, 0.5) is 5.69 Å². The molecule has 0 saturated heterocycles. The molecule has 160 valence electrons. The van der Waals surface area contributed by atoms with E-state index in [1.807, 2.05) is 30.3 Å². The molecule has 10 heteroatoms. The van der Waals surface area contributed by atoms with Crippen LogP contribution in [0.2, 0.25) is 0 Å². The van der Waals surface area contributed by atoms with Gasteiger partial charge in [0.1, 0.15) is 11.4 Å². The fourth-order valence-corrected chi connectivity index (χ4v) is 4.15. The summed E-state index contributed by atoms with van der Waals surface area (Å²) in [6, 6.07) is 15.3. The number of hydrogen-bond donors (Lipinski definition) is 3. The van der Waals surface area contributed by atoms with Gasteiger partial charge in [0.25, 0.3) is 5.56 Å². The predicted molar refractivity (Wildman–Crippen MR) is 121 cm³/mol. The van der Waals surface area contributed by atoms with Gasteiger partial charge < -0.3 is 16.8 Å². The highest BCUT2D eigenvalue weighted by molar-refractivity contribution is 7.21. The number of fused-ring (bicyclic) bond motifs is 1. The second kappa shape index (κ2) is 8.44. The number of carbonyl (C=O) groups is 3. The van der Waals surface area contributed by atoms with Gasteiger partial charge in [-0.3, -0.25) is 23.7 Å². The van der Waals surface area contributed by atoms with Crippen molar-refractivity contribution in [3.8, 4) is 10.4 Å². The van der Waals surface area contributed by atoms with E-state index in [1.54, 1.807) is 6.07 Å². The topological polar surface area (TPSA) is 150 Å². The summed E-state index contributed by atoms with van der Waals surface area (Å²) >= 11 is 1.39. The van der Waals surface area contributed by atoms with Crippen molar-refractivity contribution in [2.45, 2.75) is 6.54 Å². The van der Waals surface area contributed by atoms with E-state index >= 15 is 0 Å². The van der Waals surface area contributed by atoms with Crippen molar-refractivity contribution >= 4 is 45.0 Å². The number of nitrogens with zero attached hydrogens (tertiary/aromatic N) is 2. The molecule has 0 atom stereocenters. The molecule has 3 amide bonds. The minimum atomic E-state index is -0.777. The molecule has 0 spiro atoms. The van der Waals surface area contributed by atoms with Crippen molar-refractivity contribution in [1.82, 2.24) is 9.55 Å². The molecule has 2 aromatic heterocycles. The van der Waals surface area contributed by atoms with Crippen molar-refractivity contribution in [2.24, 2.45) is 11.5 Å². The number of hydrogen-bond acceptors (Lipinski definition) is 6. The number of carbonyl (C=O) groups excluding carboxylic acids is 3. The summed E-state index contributed by atoms with van der Waals surface area (Å²) < 4.78 is 1.19. The van der Waals surface area contributed by atoms with Crippen LogP contribution in [0.3, 0.4) is 0 Å². The van der Waals surface area contributed by atoms with Crippen molar-refractivity contribution in [1.29, 1.82) is 0 Å². The zero-order chi connectivity index (χ0) is 22.8. The maximum atomic E-state index is 12.9. The van der Waals surface area contributed by atoms with E-state index < -0.39 is 17.7 Å². The molecule has 0 saturated carbocycles. The van der Waals surface area contributed by atoms with Crippen molar-refractivity contribution < 1.29 is 14.4 Å². The Bertz CT molecular complexity index is 1390. The largest absolute Gasteiger partial charge is 0.366 e. The van der Waals surface area contributed by atoms with E-state index in [-0.39, 0.29) is 28.9 Å². The normalized spacial score (nSPS) is 10.8. The fourth-order valence-electron chi connectivity index (χ4n) is 3.16. The molecule has 0 aliphatic heterocycles. The quantitative estimate of drug-likeness (QED) is 0.413. The zero-order valence-corrected chi connectivity index (χ0v) is 17.4. The molecule has 32 heavy (non-hydrogen) atoms. The zero-order valence-electron chi connectivity index (χ0n) is 16.6. The van der Waals surface area contributed by atoms with E-state index in [4.69, 9.17) is 11.5 Å². The molecule has 0 aliphatic rings. The Morgan fingerprint density at radius 2 is 1.62 bits per heavy atom. The number of benzene rings is 2. The van der Waals surface area contributed by atoms with Gasteiger partial charge in [-0.05, 0) is 29.8 Å². The van der Waals surface area contributed by atoms with Gasteiger partial charge in [-0.25, -0.2) is 4.98 Å². The summed E-state index contributed by atoms with van der Waals surface area (Å²) in [5.41, 5.74) is 11.3. The molecular weight excluding hydrogens is 430 g/mol. The monoisotopic (exact) mass is 447 g/mol. The van der Waals surface area contributed by atoms with E-state index in [2.05, 4.69) is 10.3 Å². The number of nitrogens with two attached hydrogens (primary N) is 2. The average molecular weight is 447 g/mol. The second-order valence-corrected chi connectivity index (χ2v) is 7.98. The van der Waals surface area contributed by atoms with Crippen molar-refractivity contribution in [2.75, 3.05) is 5.32 Å². The summed E-state index contributed by atoms with van der Waals surface area (Å²) in [6.45, 7) is -0.314. The minimum absolute atomic E-state index is 0.0172. The van der Waals surface area contributed by atoms with Crippen LogP contribution < -0.4 is 22.3 Å². The maximum absolute atomic E-state index is 12.9. The lowest BCUT2D eigenvalue weighted by Gasteiger charge is -2.09. The van der Waals surface area contributed by atoms with Crippen LogP contribution in [-0.4, -0.2) is 27.3 Å². The molecule has 5 N–H and O–H groups in total. The Kier molecular flexibility index (Phi) is 5.52. The van der Waals surface area contributed by atoms with E-state index in [9.17, 15) is 19.2 Å². The third-order valence-corrected chi connectivity index (χ3v) is 5.77. The van der Waals surface area contributed by atoms with Crippen LogP contribution in [-0.2, 0) is 11.3 Å². The SMILES string of the molecule is NC(=O)c1cc(NC(=O)Cn2cnc3sc(-c4ccccc4)cc3c2=O)cc(C(N)=O)c1. The third kappa shape index (κ3) is 4.25. The first-order valence-electron chi connectivity index (χ1n) is 9.41.